The van der Waals surface area contributed by atoms with Crippen molar-refractivity contribution < 1.29 is 28.6 Å². The number of piperidine rings is 1. The van der Waals surface area contributed by atoms with Crippen molar-refractivity contribution in [3.8, 4) is 0 Å². The Hall–Kier alpha value is -2.45. The molecule has 4 fully saturated rings. The molecule has 0 aromatic heterocycles. The van der Waals surface area contributed by atoms with Gasteiger partial charge in [-0.2, -0.15) is 0 Å². The van der Waals surface area contributed by atoms with E-state index in [1.54, 1.807) is 4.90 Å². The summed E-state index contributed by atoms with van der Waals surface area (Å²) in [6, 6.07) is 7.84. The highest BCUT2D eigenvalue weighted by molar-refractivity contribution is 6.32. The van der Waals surface area contributed by atoms with Crippen LogP contribution in [0.4, 0.5) is 5.69 Å². The zero-order valence-corrected chi connectivity index (χ0v) is 18.3. The van der Waals surface area contributed by atoms with E-state index in [-0.39, 0.29) is 6.42 Å². The fourth-order valence-electron chi connectivity index (χ4n) is 5.61. The molecule has 1 amide bonds. The Morgan fingerprint density at radius 2 is 1.69 bits per heavy atom. The first-order chi connectivity index (χ1) is 15.6. The van der Waals surface area contributed by atoms with Gasteiger partial charge in [-0.3, -0.25) is 4.79 Å². The molecule has 0 saturated carbocycles. The summed E-state index contributed by atoms with van der Waals surface area (Å²) in [7, 11) is 0. The van der Waals surface area contributed by atoms with E-state index in [2.05, 4.69) is 4.90 Å². The average Bonchev–Trinajstić information content (AvgIpc) is 3.40. The highest BCUT2D eigenvalue weighted by Gasteiger charge is 2.58. The van der Waals surface area contributed by atoms with Crippen LogP contribution in [0.1, 0.15) is 37.7 Å². The smallest absolute Gasteiger partial charge is 0.405 e. The summed E-state index contributed by atoms with van der Waals surface area (Å²) < 4.78 is 15.7. The Morgan fingerprint density at radius 1 is 0.938 bits per heavy atom. The second-order valence-corrected chi connectivity index (χ2v) is 9.27. The number of esters is 2. The topological polar surface area (TPSA) is 85.4 Å². The van der Waals surface area contributed by atoms with Gasteiger partial charge in [0.2, 0.25) is 0 Å². The molecule has 4 saturated heterocycles. The van der Waals surface area contributed by atoms with E-state index < -0.39 is 23.6 Å². The molecule has 0 bridgehead atoms. The second-order valence-electron chi connectivity index (χ2n) is 9.27. The van der Waals surface area contributed by atoms with Gasteiger partial charge in [-0.15, -0.1) is 0 Å². The van der Waals surface area contributed by atoms with Crippen LogP contribution in [0.5, 0.6) is 0 Å². The number of hydrogen-bond donors (Lipinski definition) is 0. The number of carbonyl (C=O) groups is 3. The Bertz CT molecular complexity index is 880. The number of rotatable bonds is 5. The molecule has 1 aromatic carbocycles. The third-order valence-electron chi connectivity index (χ3n) is 7.36. The minimum atomic E-state index is -1.80. The monoisotopic (exact) mass is 442 g/mol. The van der Waals surface area contributed by atoms with Gasteiger partial charge in [0.25, 0.3) is 0 Å². The summed E-state index contributed by atoms with van der Waals surface area (Å²) in [5, 5.41) is 0. The van der Waals surface area contributed by atoms with Crippen LogP contribution in [0, 0.1) is 11.8 Å². The second kappa shape index (κ2) is 8.83. The first-order valence-corrected chi connectivity index (χ1v) is 11.7. The number of amides is 1. The summed E-state index contributed by atoms with van der Waals surface area (Å²) in [4.78, 5) is 40.6. The Kier molecular flexibility index (Phi) is 5.90. The zero-order valence-electron chi connectivity index (χ0n) is 18.3. The molecule has 1 spiro atoms. The van der Waals surface area contributed by atoms with Gasteiger partial charge in [0.1, 0.15) is 0 Å². The fraction of sp³-hybridized carbons (Fsp3) is 0.625. The van der Waals surface area contributed by atoms with Crippen LogP contribution in [0.3, 0.4) is 0 Å². The highest BCUT2D eigenvalue weighted by Crippen LogP contribution is 2.36. The molecular formula is C24H30N2O6. The van der Waals surface area contributed by atoms with Crippen molar-refractivity contribution in [2.24, 2.45) is 11.8 Å². The number of hydrogen-bond acceptors (Lipinski definition) is 7. The molecular weight excluding hydrogens is 412 g/mol. The molecule has 0 N–H and O–H groups in total. The zero-order chi connectivity index (χ0) is 22.1. The van der Waals surface area contributed by atoms with Crippen molar-refractivity contribution in [2.75, 3.05) is 44.3 Å². The van der Waals surface area contributed by atoms with E-state index in [1.165, 1.54) is 19.3 Å². The van der Waals surface area contributed by atoms with E-state index in [9.17, 15) is 14.4 Å². The van der Waals surface area contributed by atoms with Crippen molar-refractivity contribution in [1.82, 2.24) is 4.90 Å². The van der Waals surface area contributed by atoms with Gasteiger partial charge in [-0.05, 0) is 62.1 Å². The van der Waals surface area contributed by atoms with Gasteiger partial charge in [0.15, 0.2) is 0 Å². The molecule has 32 heavy (non-hydrogen) atoms. The van der Waals surface area contributed by atoms with E-state index in [0.29, 0.717) is 13.0 Å². The Labute approximate surface area is 187 Å². The first kappa shape index (κ1) is 21.4. The number of likely N-dealkylation sites (tertiary alicyclic amines) is 1. The molecule has 172 valence electrons. The minimum absolute atomic E-state index is 0.198. The fourth-order valence-corrected chi connectivity index (χ4v) is 5.61. The van der Waals surface area contributed by atoms with Crippen molar-refractivity contribution >= 4 is 23.5 Å². The summed E-state index contributed by atoms with van der Waals surface area (Å²) in [5.74, 6) is -2.94. The van der Waals surface area contributed by atoms with Crippen LogP contribution in [-0.2, 0) is 35.0 Å². The van der Waals surface area contributed by atoms with Gasteiger partial charge in [-0.1, -0.05) is 18.2 Å². The average molecular weight is 443 g/mol. The maximum Gasteiger partial charge on any atom is 0.421 e. The van der Waals surface area contributed by atoms with Crippen LogP contribution < -0.4 is 4.90 Å². The summed E-state index contributed by atoms with van der Waals surface area (Å²) in [6.07, 6.45) is 5.21. The van der Waals surface area contributed by atoms with E-state index in [1.807, 2.05) is 24.3 Å². The normalized spacial score (nSPS) is 26.6. The van der Waals surface area contributed by atoms with Crippen molar-refractivity contribution in [2.45, 2.75) is 44.3 Å². The van der Waals surface area contributed by atoms with Crippen molar-refractivity contribution in [3.05, 3.63) is 29.8 Å². The van der Waals surface area contributed by atoms with Crippen LogP contribution in [0.15, 0.2) is 24.3 Å². The first-order valence-electron chi connectivity index (χ1n) is 11.7. The standard InChI is InChI=1S/C24H30N2O6/c27-21-22(28)32-24(31-21)10-3-11-26(23(24)29)20-5-2-1-4-18(20)6-12-25-13-7-19(16-25)17-8-14-30-15-9-17/h1-2,4-5,17,19H,3,6-16H2. The lowest BCUT2D eigenvalue weighted by molar-refractivity contribution is -0.192. The molecule has 0 aliphatic carbocycles. The molecule has 5 rings (SSSR count). The minimum Gasteiger partial charge on any atom is -0.405 e. The van der Waals surface area contributed by atoms with E-state index >= 15 is 0 Å². The largest absolute Gasteiger partial charge is 0.421 e. The predicted molar refractivity (Wildman–Crippen MR) is 115 cm³/mol. The number of ether oxygens (including phenoxy) is 3. The molecule has 4 heterocycles. The highest BCUT2D eigenvalue weighted by atomic mass is 16.8. The lowest BCUT2D eigenvalue weighted by Gasteiger charge is -2.36. The number of anilines is 1. The molecule has 0 radical (unpaired) electrons. The third-order valence-corrected chi connectivity index (χ3v) is 7.36. The molecule has 4 aliphatic rings. The maximum atomic E-state index is 13.2. The van der Waals surface area contributed by atoms with Crippen LogP contribution in [-0.4, -0.2) is 67.9 Å². The number of nitrogens with zero attached hydrogens (tertiary/aromatic N) is 2. The molecule has 8 heteroatoms. The van der Waals surface area contributed by atoms with Gasteiger partial charge in [0.05, 0.1) is 0 Å². The van der Waals surface area contributed by atoms with Gasteiger partial charge in [0, 0.05) is 45.0 Å². The van der Waals surface area contributed by atoms with Gasteiger partial charge >= 0.3 is 23.6 Å². The van der Waals surface area contributed by atoms with Crippen molar-refractivity contribution in [1.29, 1.82) is 0 Å². The number of carbonyl (C=O) groups excluding carboxylic acids is 3. The molecule has 4 aliphatic heterocycles. The van der Waals surface area contributed by atoms with Crippen LogP contribution in [0.2, 0.25) is 0 Å². The Balaban J connectivity index is 1.25. The van der Waals surface area contributed by atoms with Gasteiger partial charge < -0.3 is 24.0 Å². The molecule has 8 nitrogen and oxygen atoms in total. The summed E-state index contributed by atoms with van der Waals surface area (Å²) in [6.45, 7) is 5.47. The number of para-hydroxylation sites is 1. The lowest BCUT2D eigenvalue weighted by atomic mass is 9.85. The number of benzene rings is 1. The lowest BCUT2D eigenvalue weighted by Crippen LogP contribution is -2.55. The molecule has 1 atom stereocenters. The summed E-state index contributed by atoms with van der Waals surface area (Å²) in [5.41, 5.74) is 1.87. The van der Waals surface area contributed by atoms with E-state index in [0.717, 1.165) is 62.4 Å². The SMILES string of the molecule is O=C1OC2(CCCN(c3ccccc3CCN3CCC(C4CCOCC4)C3)C2=O)OC1=O. The predicted octanol–water partition coefficient (Wildman–Crippen LogP) is 1.90. The van der Waals surface area contributed by atoms with Crippen molar-refractivity contribution in [3.63, 3.8) is 0 Å². The maximum absolute atomic E-state index is 13.2. The van der Waals surface area contributed by atoms with Crippen LogP contribution >= 0.6 is 0 Å². The quantitative estimate of drug-likeness (QED) is 0.509. The van der Waals surface area contributed by atoms with Crippen LogP contribution in [0.25, 0.3) is 0 Å². The summed E-state index contributed by atoms with van der Waals surface area (Å²) >= 11 is 0. The molecule has 1 aromatic rings. The Morgan fingerprint density at radius 3 is 2.47 bits per heavy atom. The van der Waals surface area contributed by atoms with Gasteiger partial charge in [-0.25, -0.2) is 9.59 Å². The molecule has 1 unspecified atom stereocenters. The van der Waals surface area contributed by atoms with E-state index in [4.69, 9.17) is 14.2 Å². The third kappa shape index (κ3) is 4.01.